The Labute approximate surface area is 119 Å². The van der Waals surface area contributed by atoms with Crippen LogP contribution in [-0.2, 0) is 0 Å². The highest BCUT2D eigenvalue weighted by atomic mass is 35.5. The lowest BCUT2D eigenvalue weighted by Crippen LogP contribution is -1.99. The number of nitrogens with zero attached hydrogens (tertiary/aromatic N) is 3. The maximum absolute atomic E-state index is 8.90. The van der Waals surface area contributed by atoms with Gasteiger partial charge in [0, 0.05) is 0 Å². The number of hydrogen-bond donors (Lipinski definition) is 1. The fourth-order valence-corrected chi connectivity index (χ4v) is 1.71. The minimum Gasteiger partial charge on any atom is -0.495 e. The molecule has 1 aromatic carbocycles. The number of aromatic nitrogens is 2. The summed E-state index contributed by atoms with van der Waals surface area (Å²) in [6.07, 6.45) is 1.39. The highest BCUT2D eigenvalue weighted by molar-refractivity contribution is 6.33. The molecular formula is C12H8Cl2N4O. The van der Waals surface area contributed by atoms with Crippen LogP contribution in [0.4, 0.5) is 11.5 Å². The van der Waals surface area contributed by atoms with Crippen LogP contribution >= 0.6 is 23.2 Å². The van der Waals surface area contributed by atoms with Crippen molar-refractivity contribution in [1.82, 2.24) is 9.97 Å². The molecule has 5 nitrogen and oxygen atoms in total. The monoisotopic (exact) mass is 294 g/mol. The lowest BCUT2D eigenvalue weighted by atomic mass is 10.2. The predicted molar refractivity (Wildman–Crippen MR) is 73.0 cm³/mol. The summed E-state index contributed by atoms with van der Waals surface area (Å²) in [6.45, 7) is 0. The second kappa shape index (κ2) is 5.74. The molecular weight excluding hydrogens is 287 g/mol. The number of nitrogens with one attached hydrogen (secondary N) is 1. The molecule has 0 radical (unpaired) electrons. The van der Waals surface area contributed by atoms with Crippen molar-refractivity contribution in [2.24, 2.45) is 0 Å². The van der Waals surface area contributed by atoms with Crippen LogP contribution in [0.2, 0.25) is 10.3 Å². The van der Waals surface area contributed by atoms with E-state index in [4.69, 9.17) is 33.2 Å². The molecule has 0 fully saturated rings. The zero-order valence-corrected chi connectivity index (χ0v) is 11.3. The van der Waals surface area contributed by atoms with Crippen molar-refractivity contribution >= 4 is 34.7 Å². The van der Waals surface area contributed by atoms with E-state index in [1.807, 2.05) is 6.07 Å². The van der Waals surface area contributed by atoms with E-state index in [1.165, 1.54) is 13.3 Å². The number of ether oxygens (including phenoxy) is 1. The van der Waals surface area contributed by atoms with Crippen molar-refractivity contribution in [3.05, 3.63) is 40.3 Å². The maximum atomic E-state index is 8.90. The van der Waals surface area contributed by atoms with Crippen molar-refractivity contribution in [2.45, 2.75) is 0 Å². The fourth-order valence-electron chi connectivity index (χ4n) is 1.44. The second-order valence-electron chi connectivity index (χ2n) is 3.49. The number of rotatable bonds is 3. The summed E-state index contributed by atoms with van der Waals surface area (Å²) in [5.74, 6) is 0.903. The van der Waals surface area contributed by atoms with E-state index < -0.39 is 0 Å². The number of nitriles is 1. The first-order chi connectivity index (χ1) is 9.13. The number of methoxy groups -OCH3 is 1. The summed E-state index contributed by atoms with van der Waals surface area (Å²) in [6, 6.07) is 7.00. The molecule has 2 aromatic rings. The van der Waals surface area contributed by atoms with E-state index in [1.54, 1.807) is 18.2 Å². The Morgan fingerprint density at radius 2 is 2.16 bits per heavy atom. The Balaban J connectivity index is 2.42. The fraction of sp³-hybridized carbons (Fsp3) is 0.0833. The van der Waals surface area contributed by atoms with Crippen LogP contribution in [0.1, 0.15) is 5.56 Å². The van der Waals surface area contributed by atoms with E-state index in [2.05, 4.69) is 15.3 Å². The van der Waals surface area contributed by atoms with Gasteiger partial charge in [-0.3, -0.25) is 0 Å². The molecule has 2 rings (SSSR count). The smallest absolute Gasteiger partial charge is 0.224 e. The number of hydrogen-bond acceptors (Lipinski definition) is 5. The van der Waals surface area contributed by atoms with Crippen molar-refractivity contribution in [3.63, 3.8) is 0 Å². The quantitative estimate of drug-likeness (QED) is 0.879. The molecule has 0 bridgehead atoms. The van der Waals surface area contributed by atoms with Gasteiger partial charge in [-0.2, -0.15) is 10.2 Å². The summed E-state index contributed by atoms with van der Waals surface area (Å²) < 4.78 is 5.20. The summed E-state index contributed by atoms with van der Waals surface area (Å²) in [4.78, 5) is 7.73. The van der Waals surface area contributed by atoms with Gasteiger partial charge in [0.2, 0.25) is 5.28 Å². The van der Waals surface area contributed by atoms with E-state index in [9.17, 15) is 0 Å². The van der Waals surface area contributed by atoms with E-state index in [0.717, 1.165) is 0 Å². The summed E-state index contributed by atoms with van der Waals surface area (Å²) in [7, 11) is 1.53. The van der Waals surface area contributed by atoms with Gasteiger partial charge in [-0.15, -0.1) is 0 Å². The average molecular weight is 295 g/mol. The van der Waals surface area contributed by atoms with Gasteiger partial charge < -0.3 is 10.1 Å². The van der Waals surface area contributed by atoms with Crippen LogP contribution in [0, 0.1) is 11.3 Å². The Bertz CT molecular complexity index is 655. The highest BCUT2D eigenvalue weighted by Crippen LogP contribution is 2.30. The Morgan fingerprint density at radius 1 is 1.37 bits per heavy atom. The molecule has 96 valence electrons. The molecule has 0 unspecified atom stereocenters. The molecule has 0 atom stereocenters. The van der Waals surface area contributed by atoms with Crippen molar-refractivity contribution in [3.8, 4) is 11.8 Å². The maximum Gasteiger partial charge on any atom is 0.224 e. The third kappa shape index (κ3) is 3.05. The van der Waals surface area contributed by atoms with Gasteiger partial charge in [0.05, 0.1) is 30.6 Å². The third-order valence-electron chi connectivity index (χ3n) is 2.30. The molecule has 0 spiro atoms. The molecule has 7 heteroatoms. The third-order valence-corrected chi connectivity index (χ3v) is 2.76. The van der Waals surface area contributed by atoms with Gasteiger partial charge in [-0.25, -0.2) is 4.98 Å². The minimum atomic E-state index is 0.0716. The summed E-state index contributed by atoms with van der Waals surface area (Å²) >= 11 is 11.7. The highest BCUT2D eigenvalue weighted by Gasteiger charge is 2.09. The number of benzene rings is 1. The first kappa shape index (κ1) is 13.4. The molecule has 19 heavy (non-hydrogen) atoms. The van der Waals surface area contributed by atoms with Crippen molar-refractivity contribution in [2.75, 3.05) is 12.4 Å². The topological polar surface area (TPSA) is 70.8 Å². The largest absolute Gasteiger partial charge is 0.495 e. The predicted octanol–water partition coefficient (Wildman–Crippen LogP) is 3.41. The first-order valence-corrected chi connectivity index (χ1v) is 5.93. The van der Waals surface area contributed by atoms with Crippen LogP contribution in [0.15, 0.2) is 24.4 Å². The normalized spacial score (nSPS) is 9.79. The molecule has 0 saturated carbocycles. The molecule has 1 aromatic heterocycles. The van der Waals surface area contributed by atoms with Crippen LogP contribution in [0.3, 0.4) is 0 Å². The van der Waals surface area contributed by atoms with E-state index in [0.29, 0.717) is 27.8 Å². The van der Waals surface area contributed by atoms with Crippen LogP contribution in [0.25, 0.3) is 0 Å². The minimum absolute atomic E-state index is 0.0716. The van der Waals surface area contributed by atoms with Gasteiger partial charge in [0.15, 0.2) is 5.82 Å². The molecule has 1 N–H and O–H groups in total. The van der Waals surface area contributed by atoms with E-state index in [-0.39, 0.29) is 5.28 Å². The molecule has 0 aliphatic rings. The summed E-state index contributed by atoms with van der Waals surface area (Å²) in [5.41, 5.74) is 1.05. The van der Waals surface area contributed by atoms with Crippen molar-refractivity contribution in [1.29, 1.82) is 5.26 Å². The zero-order chi connectivity index (χ0) is 13.8. The van der Waals surface area contributed by atoms with Crippen LogP contribution in [0.5, 0.6) is 5.75 Å². The summed E-state index contributed by atoms with van der Waals surface area (Å²) in [5, 5.41) is 12.2. The van der Waals surface area contributed by atoms with Gasteiger partial charge in [-0.05, 0) is 29.8 Å². The molecule has 0 saturated heterocycles. The zero-order valence-electron chi connectivity index (χ0n) is 9.82. The average Bonchev–Trinajstić information content (AvgIpc) is 2.42. The van der Waals surface area contributed by atoms with Crippen molar-refractivity contribution < 1.29 is 4.74 Å². The van der Waals surface area contributed by atoms with Crippen LogP contribution in [-0.4, -0.2) is 17.1 Å². The van der Waals surface area contributed by atoms with E-state index >= 15 is 0 Å². The molecule has 1 heterocycles. The second-order valence-corrected chi connectivity index (χ2v) is 4.23. The standard InChI is InChI=1S/C12H8Cl2N4O/c1-19-10-3-2-7(5-15)4-9(10)17-11-8(13)6-16-12(14)18-11/h2-4,6H,1H3,(H,16,17,18). The Hall–Kier alpha value is -2.03. The Kier molecular flexibility index (Phi) is 4.05. The number of anilines is 2. The molecule has 0 aliphatic heterocycles. The van der Waals surface area contributed by atoms with Crippen LogP contribution < -0.4 is 10.1 Å². The first-order valence-electron chi connectivity index (χ1n) is 5.17. The van der Waals surface area contributed by atoms with Gasteiger partial charge in [-0.1, -0.05) is 11.6 Å². The lowest BCUT2D eigenvalue weighted by Gasteiger charge is -2.11. The van der Waals surface area contributed by atoms with Gasteiger partial charge in [0.25, 0.3) is 0 Å². The number of halogens is 2. The van der Waals surface area contributed by atoms with Gasteiger partial charge in [0.1, 0.15) is 10.8 Å². The molecule has 0 aliphatic carbocycles. The SMILES string of the molecule is COc1ccc(C#N)cc1Nc1nc(Cl)ncc1Cl. The Morgan fingerprint density at radius 3 is 2.84 bits per heavy atom. The lowest BCUT2D eigenvalue weighted by molar-refractivity contribution is 0.417. The molecule has 0 amide bonds. The van der Waals surface area contributed by atoms with Gasteiger partial charge >= 0.3 is 0 Å².